The van der Waals surface area contributed by atoms with E-state index in [2.05, 4.69) is 6.58 Å². The van der Waals surface area contributed by atoms with Gasteiger partial charge in [-0.1, -0.05) is 36.9 Å². The lowest BCUT2D eigenvalue weighted by Crippen LogP contribution is -2.13. The van der Waals surface area contributed by atoms with E-state index in [1.807, 2.05) is 36.4 Å². The predicted octanol–water partition coefficient (Wildman–Crippen LogP) is 3.61. The van der Waals surface area contributed by atoms with E-state index in [0.717, 1.165) is 10.8 Å². The molecule has 0 N–H and O–H groups in total. The minimum absolute atomic E-state index is 0.334. The first-order chi connectivity index (χ1) is 10.1. The Labute approximate surface area is 123 Å². The third-order valence-electron chi connectivity index (χ3n) is 3.14. The van der Waals surface area contributed by atoms with Gasteiger partial charge in [0.1, 0.15) is 5.75 Å². The molecule has 0 fully saturated rings. The maximum atomic E-state index is 11.9. The van der Waals surface area contributed by atoms with Crippen molar-refractivity contribution in [2.45, 2.75) is 13.2 Å². The second kappa shape index (κ2) is 6.52. The zero-order valence-corrected chi connectivity index (χ0v) is 12.4. The van der Waals surface area contributed by atoms with Crippen LogP contribution in [0.1, 0.15) is 18.8 Å². The van der Waals surface area contributed by atoms with Crippen LogP contribution in [-0.4, -0.2) is 20.2 Å². The van der Waals surface area contributed by atoms with E-state index in [1.165, 1.54) is 14.2 Å². The summed E-state index contributed by atoms with van der Waals surface area (Å²) >= 11 is 0. The third kappa shape index (κ3) is 3.12. The molecule has 0 aromatic heterocycles. The molecule has 2 rings (SSSR count). The maximum Gasteiger partial charge on any atom is 0.338 e. The van der Waals surface area contributed by atoms with Crippen LogP contribution < -0.4 is 4.74 Å². The highest BCUT2D eigenvalue weighted by molar-refractivity contribution is 5.95. The van der Waals surface area contributed by atoms with E-state index < -0.39 is 12.3 Å². The lowest BCUT2D eigenvalue weighted by molar-refractivity contribution is -0.131. The average Bonchev–Trinajstić information content (AvgIpc) is 2.50. The Hall–Kier alpha value is -2.17. The van der Waals surface area contributed by atoms with Crippen LogP contribution in [0.3, 0.4) is 0 Å². The Kier molecular flexibility index (Phi) is 4.73. The van der Waals surface area contributed by atoms with Crippen LogP contribution in [0.5, 0.6) is 5.75 Å². The van der Waals surface area contributed by atoms with E-state index in [-0.39, 0.29) is 0 Å². The molecule has 0 atom stereocenters. The van der Waals surface area contributed by atoms with Gasteiger partial charge in [-0.3, -0.25) is 0 Å². The zero-order valence-electron chi connectivity index (χ0n) is 12.4. The fraction of sp³-hybridized carbons (Fsp3) is 0.235. The third-order valence-corrected chi connectivity index (χ3v) is 3.14. The molecule has 0 aliphatic heterocycles. The Morgan fingerprint density at radius 2 is 1.76 bits per heavy atom. The highest BCUT2D eigenvalue weighted by Crippen LogP contribution is 2.35. The fourth-order valence-corrected chi connectivity index (χ4v) is 2.09. The monoisotopic (exact) mass is 286 g/mol. The number of ether oxygens (including phenoxy) is 3. The molecule has 4 heteroatoms. The number of carbonyl (C=O) groups is 1. The minimum Gasteiger partial charge on any atom is -0.422 e. The Balaban J connectivity index is 2.62. The Morgan fingerprint density at radius 3 is 2.38 bits per heavy atom. The first-order valence-electron chi connectivity index (χ1n) is 6.53. The molecule has 0 radical (unpaired) electrons. The first kappa shape index (κ1) is 15.2. The first-order valence-corrected chi connectivity index (χ1v) is 6.53. The standard InChI is InChI=1S/C17H18O4/c1-11(2)16(18)21-15-13-8-6-5-7-12(13)9-10-14(15)17(19-3)20-4/h5-10,17H,1H2,2-4H3. The van der Waals surface area contributed by atoms with Gasteiger partial charge >= 0.3 is 5.97 Å². The molecule has 4 nitrogen and oxygen atoms in total. The normalized spacial score (nSPS) is 10.9. The number of methoxy groups -OCH3 is 2. The number of rotatable bonds is 5. The molecular weight excluding hydrogens is 268 g/mol. The number of hydrogen-bond donors (Lipinski definition) is 0. The molecule has 0 aliphatic rings. The summed E-state index contributed by atoms with van der Waals surface area (Å²) in [5, 5.41) is 1.79. The molecule has 0 saturated heterocycles. The highest BCUT2D eigenvalue weighted by atomic mass is 16.7. The van der Waals surface area contributed by atoms with Gasteiger partial charge in [0.05, 0.1) is 5.56 Å². The fourth-order valence-electron chi connectivity index (χ4n) is 2.09. The minimum atomic E-state index is -0.609. The average molecular weight is 286 g/mol. The van der Waals surface area contributed by atoms with Crippen molar-refractivity contribution in [1.29, 1.82) is 0 Å². The van der Waals surface area contributed by atoms with E-state index in [1.54, 1.807) is 6.92 Å². The summed E-state index contributed by atoms with van der Waals surface area (Å²) in [6, 6.07) is 11.4. The molecular formula is C17H18O4. The van der Waals surface area contributed by atoms with Gasteiger partial charge in [-0.15, -0.1) is 0 Å². The number of esters is 1. The van der Waals surface area contributed by atoms with Crippen molar-refractivity contribution in [2.75, 3.05) is 14.2 Å². The molecule has 0 saturated carbocycles. The van der Waals surface area contributed by atoms with Crippen LogP contribution in [0.4, 0.5) is 0 Å². The van der Waals surface area contributed by atoms with Crippen LogP contribution in [0.15, 0.2) is 48.6 Å². The van der Waals surface area contributed by atoms with Gasteiger partial charge in [0.15, 0.2) is 6.29 Å². The van der Waals surface area contributed by atoms with Gasteiger partial charge in [-0.2, -0.15) is 0 Å². The molecule has 2 aromatic carbocycles. The smallest absolute Gasteiger partial charge is 0.338 e. The van der Waals surface area contributed by atoms with Crippen LogP contribution in [-0.2, 0) is 14.3 Å². The lowest BCUT2D eigenvalue weighted by Gasteiger charge is -2.19. The quantitative estimate of drug-likeness (QED) is 0.364. The van der Waals surface area contributed by atoms with Crippen molar-refractivity contribution >= 4 is 16.7 Å². The lowest BCUT2D eigenvalue weighted by atomic mass is 10.0. The van der Waals surface area contributed by atoms with Crippen molar-refractivity contribution < 1.29 is 19.0 Å². The van der Waals surface area contributed by atoms with Gasteiger partial charge < -0.3 is 14.2 Å². The topological polar surface area (TPSA) is 44.8 Å². The number of carbonyl (C=O) groups excluding carboxylic acids is 1. The molecule has 110 valence electrons. The molecule has 0 heterocycles. The molecule has 0 aliphatic carbocycles. The van der Waals surface area contributed by atoms with Crippen molar-refractivity contribution in [3.8, 4) is 5.75 Å². The molecule has 0 spiro atoms. The van der Waals surface area contributed by atoms with E-state index in [9.17, 15) is 4.79 Å². The highest BCUT2D eigenvalue weighted by Gasteiger charge is 2.20. The van der Waals surface area contributed by atoms with Crippen LogP contribution in [0, 0.1) is 0 Å². The second-order valence-corrected chi connectivity index (χ2v) is 4.68. The van der Waals surface area contributed by atoms with Crippen molar-refractivity contribution in [3.05, 3.63) is 54.1 Å². The summed E-state index contributed by atoms with van der Waals surface area (Å²) in [5.41, 5.74) is 0.994. The molecule has 0 unspecified atom stereocenters. The van der Waals surface area contributed by atoms with Gasteiger partial charge in [-0.05, 0) is 18.4 Å². The largest absolute Gasteiger partial charge is 0.422 e. The van der Waals surface area contributed by atoms with E-state index in [4.69, 9.17) is 14.2 Å². The second-order valence-electron chi connectivity index (χ2n) is 4.68. The van der Waals surface area contributed by atoms with Crippen LogP contribution >= 0.6 is 0 Å². The van der Waals surface area contributed by atoms with Gasteiger partial charge in [0.2, 0.25) is 0 Å². The van der Waals surface area contributed by atoms with E-state index in [0.29, 0.717) is 16.9 Å². The van der Waals surface area contributed by atoms with Gasteiger partial charge in [0.25, 0.3) is 0 Å². The van der Waals surface area contributed by atoms with Crippen LogP contribution in [0.2, 0.25) is 0 Å². The van der Waals surface area contributed by atoms with Gasteiger partial charge in [-0.25, -0.2) is 4.79 Å². The summed E-state index contributed by atoms with van der Waals surface area (Å²) in [6.45, 7) is 5.22. The van der Waals surface area contributed by atoms with Crippen molar-refractivity contribution in [1.82, 2.24) is 0 Å². The SMILES string of the molecule is C=C(C)C(=O)Oc1c(C(OC)OC)ccc2ccccc12. The van der Waals surface area contributed by atoms with Crippen molar-refractivity contribution in [2.24, 2.45) is 0 Å². The Bertz CT molecular complexity index is 672. The maximum absolute atomic E-state index is 11.9. The molecule has 0 amide bonds. The van der Waals surface area contributed by atoms with Crippen molar-refractivity contribution in [3.63, 3.8) is 0 Å². The molecule has 0 bridgehead atoms. The Morgan fingerprint density at radius 1 is 1.10 bits per heavy atom. The molecule has 21 heavy (non-hydrogen) atoms. The number of hydrogen-bond acceptors (Lipinski definition) is 4. The molecule has 2 aromatic rings. The summed E-state index contributed by atoms with van der Waals surface area (Å²) in [6.07, 6.45) is -0.609. The van der Waals surface area contributed by atoms with E-state index >= 15 is 0 Å². The number of benzene rings is 2. The summed E-state index contributed by atoms with van der Waals surface area (Å²) < 4.78 is 16.1. The number of fused-ring (bicyclic) bond motifs is 1. The zero-order chi connectivity index (χ0) is 15.4. The summed E-state index contributed by atoms with van der Waals surface area (Å²) in [7, 11) is 3.07. The van der Waals surface area contributed by atoms with Crippen LogP contribution in [0.25, 0.3) is 10.8 Å². The summed E-state index contributed by atoms with van der Waals surface area (Å²) in [4.78, 5) is 11.9. The predicted molar refractivity (Wildman–Crippen MR) is 81.2 cm³/mol. The van der Waals surface area contributed by atoms with Gasteiger partial charge in [0, 0.05) is 25.2 Å². The summed E-state index contributed by atoms with van der Waals surface area (Å²) in [5.74, 6) is -0.0339.